The van der Waals surface area contributed by atoms with Crippen LogP contribution in [0.1, 0.15) is 30.9 Å². The highest BCUT2D eigenvalue weighted by Gasteiger charge is 2.27. The van der Waals surface area contributed by atoms with E-state index in [9.17, 15) is 14.7 Å². The Morgan fingerprint density at radius 2 is 2.13 bits per heavy atom. The van der Waals surface area contributed by atoms with E-state index in [1.807, 2.05) is 30.3 Å². The summed E-state index contributed by atoms with van der Waals surface area (Å²) >= 11 is 0. The maximum Gasteiger partial charge on any atom is 0.306 e. The van der Waals surface area contributed by atoms with Gasteiger partial charge >= 0.3 is 5.97 Å². The summed E-state index contributed by atoms with van der Waals surface area (Å²) in [5, 5.41) is 21.7. The number of aromatic amines is 1. The number of benzene rings is 1. The summed E-state index contributed by atoms with van der Waals surface area (Å²) < 4.78 is 0. The fraction of sp³-hybridized carbons (Fsp3) is 0.353. The zero-order valence-electron chi connectivity index (χ0n) is 12.9. The highest BCUT2D eigenvalue weighted by Crippen LogP contribution is 2.26. The molecule has 2 aromatic rings. The molecule has 1 heterocycles. The number of carboxylic acids is 1. The molecule has 120 valence electrons. The third-order valence-electron chi connectivity index (χ3n) is 3.94. The van der Waals surface area contributed by atoms with Crippen LogP contribution in [0.3, 0.4) is 0 Å². The van der Waals surface area contributed by atoms with Gasteiger partial charge in [-0.1, -0.05) is 18.2 Å². The van der Waals surface area contributed by atoms with E-state index in [0.29, 0.717) is 0 Å². The molecule has 23 heavy (non-hydrogen) atoms. The van der Waals surface area contributed by atoms with Gasteiger partial charge in [-0.25, -0.2) is 0 Å². The summed E-state index contributed by atoms with van der Waals surface area (Å²) in [6.07, 6.45) is 1.99. The van der Waals surface area contributed by atoms with Crippen LogP contribution in [0.4, 0.5) is 0 Å². The van der Waals surface area contributed by atoms with Crippen molar-refractivity contribution in [3.05, 3.63) is 36.0 Å². The van der Waals surface area contributed by atoms with Gasteiger partial charge in [0.2, 0.25) is 0 Å². The largest absolute Gasteiger partial charge is 0.481 e. The molecule has 6 heteroatoms. The molecular weight excluding hydrogens is 294 g/mol. The Bertz CT molecular complexity index is 745. The molecule has 2 unspecified atom stereocenters. The monoisotopic (exact) mass is 313 g/mol. The van der Waals surface area contributed by atoms with Crippen molar-refractivity contribution < 1.29 is 14.7 Å². The lowest BCUT2D eigenvalue weighted by Gasteiger charge is -2.17. The molecule has 0 aliphatic carbocycles. The van der Waals surface area contributed by atoms with Gasteiger partial charge in [-0.3, -0.25) is 9.59 Å². The summed E-state index contributed by atoms with van der Waals surface area (Å²) in [6.45, 7) is 0. The molecular formula is C17H19N3O3. The first-order valence-corrected chi connectivity index (χ1v) is 7.44. The molecule has 0 aliphatic heterocycles. The molecule has 0 saturated carbocycles. The van der Waals surface area contributed by atoms with Crippen molar-refractivity contribution in [2.24, 2.45) is 5.92 Å². The molecule has 0 spiro atoms. The van der Waals surface area contributed by atoms with Crippen molar-refractivity contribution in [1.29, 1.82) is 5.26 Å². The number of Topliss-reactive ketones (excluding diaryl/α,β-unsaturated/α-hetero) is 1. The minimum absolute atomic E-state index is 0.0952. The van der Waals surface area contributed by atoms with Crippen molar-refractivity contribution in [3.8, 4) is 6.07 Å². The minimum Gasteiger partial charge on any atom is -0.481 e. The van der Waals surface area contributed by atoms with E-state index in [-0.39, 0.29) is 25.0 Å². The second kappa shape index (κ2) is 7.56. The van der Waals surface area contributed by atoms with Crippen LogP contribution >= 0.6 is 0 Å². The highest BCUT2D eigenvalue weighted by atomic mass is 16.4. The van der Waals surface area contributed by atoms with Crippen LogP contribution in [0.15, 0.2) is 30.5 Å². The van der Waals surface area contributed by atoms with Gasteiger partial charge in [-0.15, -0.1) is 0 Å². The van der Waals surface area contributed by atoms with Crippen molar-refractivity contribution in [3.63, 3.8) is 0 Å². The molecule has 0 radical (unpaired) electrons. The number of carbonyl (C=O) groups is 2. The lowest BCUT2D eigenvalue weighted by atomic mass is 9.91. The molecule has 1 aromatic carbocycles. The number of aliphatic carboxylic acids is 1. The van der Waals surface area contributed by atoms with Gasteiger partial charge in [0.25, 0.3) is 0 Å². The average Bonchev–Trinajstić information content (AvgIpc) is 2.96. The highest BCUT2D eigenvalue weighted by molar-refractivity contribution is 5.94. The van der Waals surface area contributed by atoms with Crippen molar-refractivity contribution in [2.75, 3.05) is 7.05 Å². The van der Waals surface area contributed by atoms with Crippen LogP contribution in [0, 0.1) is 17.2 Å². The number of ketones is 1. The van der Waals surface area contributed by atoms with E-state index in [1.165, 1.54) is 0 Å². The SMILES string of the molecule is CNC(C(=O)CC(CCC#N)C(=O)O)c1c[nH]c2ccccc12. The Balaban J connectivity index is 2.21. The van der Waals surface area contributed by atoms with Gasteiger partial charge in [0.15, 0.2) is 5.78 Å². The molecule has 0 fully saturated rings. The zero-order valence-corrected chi connectivity index (χ0v) is 12.9. The number of carboxylic acid groups (broad SMARTS) is 1. The van der Waals surface area contributed by atoms with Gasteiger partial charge in [0, 0.05) is 35.5 Å². The van der Waals surface area contributed by atoms with E-state index in [4.69, 9.17) is 5.26 Å². The van der Waals surface area contributed by atoms with Crippen LogP contribution < -0.4 is 5.32 Å². The molecule has 3 N–H and O–H groups in total. The number of likely N-dealkylation sites (N-methyl/N-ethyl adjacent to an activating group) is 1. The first kappa shape index (κ1) is 16.7. The maximum atomic E-state index is 12.6. The first-order chi connectivity index (χ1) is 11.1. The normalized spacial score (nSPS) is 13.4. The molecule has 2 rings (SSSR count). The van der Waals surface area contributed by atoms with Crippen LogP contribution in [-0.4, -0.2) is 28.9 Å². The number of para-hydroxylation sites is 1. The third kappa shape index (κ3) is 3.76. The fourth-order valence-corrected chi connectivity index (χ4v) is 2.74. The number of nitriles is 1. The van der Waals surface area contributed by atoms with E-state index in [0.717, 1.165) is 16.5 Å². The zero-order chi connectivity index (χ0) is 16.8. The number of H-pyrrole nitrogens is 1. The Labute approximate surface area is 134 Å². The Morgan fingerprint density at radius 1 is 1.39 bits per heavy atom. The Kier molecular flexibility index (Phi) is 5.50. The van der Waals surface area contributed by atoms with Crippen LogP contribution in [0.25, 0.3) is 10.9 Å². The van der Waals surface area contributed by atoms with Gasteiger partial charge < -0.3 is 15.4 Å². The Hall–Kier alpha value is -2.65. The van der Waals surface area contributed by atoms with Crippen molar-refractivity contribution in [1.82, 2.24) is 10.3 Å². The molecule has 0 aliphatic rings. The number of hydrogen-bond donors (Lipinski definition) is 3. The van der Waals surface area contributed by atoms with E-state index in [1.54, 1.807) is 13.2 Å². The average molecular weight is 313 g/mol. The standard InChI is InChI=1S/C17H19N3O3/c1-19-16(13-10-20-14-7-3-2-6-12(13)14)15(21)9-11(17(22)23)5-4-8-18/h2-3,6-7,10-11,16,19-20H,4-5,9H2,1H3,(H,22,23). The lowest BCUT2D eigenvalue weighted by Crippen LogP contribution is -2.29. The quantitative estimate of drug-likeness (QED) is 0.694. The maximum absolute atomic E-state index is 12.6. The smallest absolute Gasteiger partial charge is 0.306 e. The van der Waals surface area contributed by atoms with Gasteiger partial charge in [-0.2, -0.15) is 5.26 Å². The van der Waals surface area contributed by atoms with E-state index in [2.05, 4.69) is 10.3 Å². The molecule has 2 atom stereocenters. The van der Waals surface area contributed by atoms with Gasteiger partial charge in [0.05, 0.1) is 18.0 Å². The number of aromatic nitrogens is 1. The molecule has 0 saturated heterocycles. The summed E-state index contributed by atoms with van der Waals surface area (Å²) in [4.78, 5) is 27.0. The molecule has 0 bridgehead atoms. The van der Waals surface area contributed by atoms with E-state index < -0.39 is 17.9 Å². The minimum atomic E-state index is -1.04. The molecule has 0 amide bonds. The Morgan fingerprint density at radius 3 is 2.78 bits per heavy atom. The predicted molar refractivity (Wildman–Crippen MR) is 85.7 cm³/mol. The lowest BCUT2D eigenvalue weighted by molar-refractivity contribution is -0.144. The number of nitrogens with zero attached hydrogens (tertiary/aromatic N) is 1. The van der Waals surface area contributed by atoms with Crippen molar-refractivity contribution >= 4 is 22.7 Å². The predicted octanol–water partition coefficient (Wildman–Crippen LogP) is 2.39. The van der Waals surface area contributed by atoms with Gasteiger partial charge in [0.1, 0.15) is 0 Å². The van der Waals surface area contributed by atoms with Gasteiger partial charge in [-0.05, 0) is 19.5 Å². The van der Waals surface area contributed by atoms with E-state index >= 15 is 0 Å². The fourth-order valence-electron chi connectivity index (χ4n) is 2.74. The van der Waals surface area contributed by atoms with Crippen LogP contribution in [0.5, 0.6) is 0 Å². The summed E-state index contributed by atoms with van der Waals surface area (Å²) in [5.74, 6) is -2.06. The second-order valence-corrected chi connectivity index (χ2v) is 5.41. The summed E-state index contributed by atoms with van der Waals surface area (Å²) in [7, 11) is 1.68. The summed E-state index contributed by atoms with van der Waals surface area (Å²) in [6, 6.07) is 8.99. The second-order valence-electron chi connectivity index (χ2n) is 5.41. The first-order valence-electron chi connectivity index (χ1n) is 7.44. The molecule has 1 aromatic heterocycles. The number of hydrogen-bond acceptors (Lipinski definition) is 4. The number of nitrogens with one attached hydrogen (secondary N) is 2. The third-order valence-corrected chi connectivity index (χ3v) is 3.94. The number of carbonyl (C=O) groups excluding carboxylic acids is 1. The van der Waals surface area contributed by atoms with Crippen molar-refractivity contribution in [2.45, 2.75) is 25.3 Å². The van der Waals surface area contributed by atoms with Crippen LogP contribution in [-0.2, 0) is 9.59 Å². The number of fused-ring (bicyclic) bond motifs is 1. The topological polar surface area (TPSA) is 106 Å². The summed E-state index contributed by atoms with van der Waals surface area (Å²) in [5.41, 5.74) is 1.73. The van der Waals surface area contributed by atoms with Crippen LogP contribution in [0.2, 0.25) is 0 Å². The number of rotatable bonds is 8. The molecule has 6 nitrogen and oxygen atoms in total.